The highest BCUT2D eigenvalue weighted by Crippen LogP contribution is 2.52. The SMILES string of the molecule is Cc1cccc(NC(=O)COc2c(Br)cc(Br)cc2C2C3=C(CCCC3=O)N(C)C3=C2C(=O)CCC3)c1C. The third-order valence-corrected chi connectivity index (χ3v) is 8.87. The Morgan fingerprint density at radius 3 is 2.26 bits per heavy atom. The van der Waals surface area contributed by atoms with Gasteiger partial charge in [-0.25, -0.2) is 0 Å². The van der Waals surface area contributed by atoms with Crippen molar-refractivity contribution in [3.63, 3.8) is 0 Å². The number of hydrogen-bond acceptors (Lipinski definition) is 5. The van der Waals surface area contributed by atoms with Crippen molar-refractivity contribution in [1.82, 2.24) is 4.90 Å². The number of anilines is 1. The van der Waals surface area contributed by atoms with Gasteiger partial charge in [0.1, 0.15) is 5.75 Å². The number of ketones is 2. The molecule has 0 unspecified atom stereocenters. The van der Waals surface area contributed by atoms with Gasteiger partial charge in [-0.15, -0.1) is 0 Å². The highest BCUT2D eigenvalue weighted by Gasteiger charge is 2.43. The van der Waals surface area contributed by atoms with Gasteiger partial charge in [-0.1, -0.05) is 28.1 Å². The van der Waals surface area contributed by atoms with Crippen LogP contribution in [0.3, 0.4) is 0 Å². The molecular weight excluding hydrogens is 612 g/mol. The van der Waals surface area contributed by atoms with Crippen LogP contribution < -0.4 is 10.1 Å². The Balaban J connectivity index is 1.55. The molecular formula is C30H30Br2N2O4. The van der Waals surface area contributed by atoms with Gasteiger partial charge in [0, 0.05) is 64.1 Å². The summed E-state index contributed by atoms with van der Waals surface area (Å²) in [5.41, 5.74) is 6.90. The maximum Gasteiger partial charge on any atom is 0.262 e. The number of nitrogens with one attached hydrogen (secondary N) is 1. The zero-order valence-corrected chi connectivity index (χ0v) is 24.9. The number of benzene rings is 2. The van der Waals surface area contributed by atoms with E-state index in [2.05, 4.69) is 42.1 Å². The predicted molar refractivity (Wildman–Crippen MR) is 154 cm³/mol. The van der Waals surface area contributed by atoms with Crippen LogP contribution in [0.5, 0.6) is 5.75 Å². The Kier molecular flexibility index (Phi) is 7.65. The average molecular weight is 642 g/mol. The standard InChI is InChI=1S/C30H30Br2N2O4/c1-16-7-4-8-21(17(16)2)33-26(37)15-38-30-19(13-18(31)14-20(30)32)27-28-22(9-5-11-24(28)35)34(3)23-10-6-12-25(36)29(23)27/h4,7-8,13-14,27H,5-6,9-12,15H2,1-3H3,(H,33,37). The number of carbonyl (C=O) groups is 3. The van der Waals surface area contributed by atoms with Crippen molar-refractivity contribution in [2.45, 2.75) is 58.3 Å². The summed E-state index contributed by atoms with van der Waals surface area (Å²) in [7, 11) is 1.98. The Labute approximate surface area is 239 Å². The number of ether oxygens (including phenoxy) is 1. The third kappa shape index (κ3) is 4.89. The van der Waals surface area contributed by atoms with Gasteiger partial charge in [0.2, 0.25) is 0 Å². The van der Waals surface area contributed by atoms with Crippen LogP contribution in [0.25, 0.3) is 0 Å². The van der Waals surface area contributed by atoms with Gasteiger partial charge in [-0.2, -0.15) is 0 Å². The quantitative estimate of drug-likeness (QED) is 0.385. The molecule has 6 nitrogen and oxygen atoms in total. The van der Waals surface area contributed by atoms with Gasteiger partial charge < -0.3 is 15.0 Å². The molecule has 0 saturated carbocycles. The second kappa shape index (κ2) is 10.8. The molecule has 2 aliphatic carbocycles. The van der Waals surface area contributed by atoms with E-state index in [0.29, 0.717) is 39.8 Å². The van der Waals surface area contributed by atoms with E-state index in [0.717, 1.165) is 58.4 Å². The number of hydrogen-bond donors (Lipinski definition) is 1. The molecule has 1 aliphatic heterocycles. The van der Waals surface area contributed by atoms with E-state index in [-0.39, 0.29) is 24.1 Å². The first-order valence-corrected chi connectivity index (χ1v) is 14.5. The van der Waals surface area contributed by atoms with Crippen molar-refractivity contribution >= 4 is 55.0 Å². The van der Waals surface area contributed by atoms with Crippen molar-refractivity contribution in [2.75, 3.05) is 19.0 Å². The van der Waals surface area contributed by atoms with Crippen molar-refractivity contribution < 1.29 is 19.1 Å². The van der Waals surface area contributed by atoms with Gasteiger partial charge in [0.05, 0.1) is 4.47 Å². The number of carbonyl (C=O) groups excluding carboxylic acids is 3. The number of aryl methyl sites for hydroxylation is 1. The highest BCUT2D eigenvalue weighted by atomic mass is 79.9. The minimum atomic E-state index is -0.525. The monoisotopic (exact) mass is 640 g/mol. The summed E-state index contributed by atoms with van der Waals surface area (Å²) in [6.45, 7) is 3.75. The minimum absolute atomic E-state index is 0.0720. The lowest BCUT2D eigenvalue weighted by Gasteiger charge is -2.42. The molecule has 5 rings (SSSR count). The fourth-order valence-corrected chi connectivity index (χ4v) is 7.19. The fraction of sp³-hybridized carbons (Fsp3) is 0.367. The summed E-state index contributed by atoms with van der Waals surface area (Å²) in [5.74, 6) is -0.201. The lowest BCUT2D eigenvalue weighted by atomic mass is 9.71. The molecule has 8 heteroatoms. The van der Waals surface area contributed by atoms with E-state index >= 15 is 0 Å². The topological polar surface area (TPSA) is 75.7 Å². The van der Waals surface area contributed by atoms with Crippen LogP contribution in [0.4, 0.5) is 5.69 Å². The Hall–Kier alpha value is -2.71. The number of allylic oxidation sites excluding steroid dienone is 4. The first-order chi connectivity index (χ1) is 18.2. The van der Waals surface area contributed by atoms with E-state index in [9.17, 15) is 14.4 Å². The van der Waals surface area contributed by atoms with Crippen LogP contribution >= 0.6 is 31.9 Å². The van der Waals surface area contributed by atoms with E-state index in [1.165, 1.54) is 0 Å². The Morgan fingerprint density at radius 2 is 1.63 bits per heavy atom. The molecule has 2 aromatic rings. The molecule has 0 saturated heterocycles. The second-order valence-corrected chi connectivity index (χ2v) is 11.9. The first-order valence-electron chi connectivity index (χ1n) is 12.9. The summed E-state index contributed by atoms with van der Waals surface area (Å²) in [6.07, 6.45) is 4.11. The third-order valence-electron chi connectivity index (χ3n) is 7.82. The largest absolute Gasteiger partial charge is 0.482 e. The van der Waals surface area contributed by atoms with E-state index < -0.39 is 5.92 Å². The van der Waals surface area contributed by atoms with Crippen molar-refractivity contribution in [2.24, 2.45) is 0 Å². The zero-order valence-electron chi connectivity index (χ0n) is 21.7. The molecule has 0 spiro atoms. The Morgan fingerprint density at radius 1 is 1.00 bits per heavy atom. The maximum absolute atomic E-state index is 13.4. The molecule has 1 heterocycles. The average Bonchev–Trinajstić information content (AvgIpc) is 2.87. The Bertz CT molecular complexity index is 1380. The van der Waals surface area contributed by atoms with Gasteiger partial charge in [0.25, 0.3) is 5.91 Å². The number of halogens is 2. The van der Waals surface area contributed by atoms with Gasteiger partial charge in [-0.3, -0.25) is 14.4 Å². The molecule has 0 bridgehead atoms. The molecule has 2 aromatic carbocycles. The molecule has 38 heavy (non-hydrogen) atoms. The fourth-order valence-electron chi connectivity index (χ4n) is 5.82. The summed E-state index contributed by atoms with van der Waals surface area (Å²) < 4.78 is 7.62. The number of nitrogens with zero attached hydrogens (tertiary/aromatic N) is 1. The van der Waals surface area contributed by atoms with Crippen LogP contribution in [0, 0.1) is 13.8 Å². The van der Waals surface area contributed by atoms with Crippen molar-refractivity contribution in [1.29, 1.82) is 0 Å². The van der Waals surface area contributed by atoms with Crippen molar-refractivity contribution in [3.05, 3.63) is 78.5 Å². The number of rotatable bonds is 5. The minimum Gasteiger partial charge on any atom is -0.482 e. The molecule has 198 valence electrons. The van der Waals surface area contributed by atoms with Crippen LogP contribution in [0.1, 0.15) is 61.1 Å². The molecule has 3 aliphatic rings. The van der Waals surface area contributed by atoms with Gasteiger partial charge >= 0.3 is 0 Å². The van der Waals surface area contributed by atoms with Crippen LogP contribution in [-0.4, -0.2) is 36.0 Å². The normalized spacial score (nSPS) is 18.0. The highest BCUT2D eigenvalue weighted by molar-refractivity contribution is 9.11. The maximum atomic E-state index is 13.4. The zero-order chi connectivity index (χ0) is 27.1. The summed E-state index contributed by atoms with van der Waals surface area (Å²) in [6, 6.07) is 9.54. The van der Waals surface area contributed by atoms with Crippen LogP contribution in [0.15, 0.2) is 61.8 Å². The first kappa shape index (κ1) is 26.9. The van der Waals surface area contributed by atoms with E-state index in [1.807, 2.05) is 51.2 Å². The second-order valence-electron chi connectivity index (χ2n) is 10.2. The molecule has 1 amide bonds. The van der Waals surface area contributed by atoms with Gasteiger partial charge in [-0.05, 0) is 84.8 Å². The number of Topliss-reactive ketones (excluding diaryl/α,β-unsaturated/α-hetero) is 2. The summed E-state index contributed by atoms with van der Waals surface area (Å²) in [5, 5.41) is 2.94. The van der Waals surface area contributed by atoms with Gasteiger partial charge in [0.15, 0.2) is 18.2 Å². The number of amides is 1. The van der Waals surface area contributed by atoms with Crippen LogP contribution in [-0.2, 0) is 14.4 Å². The molecule has 0 fully saturated rings. The smallest absolute Gasteiger partial charge is 0.262 e. The lowest BCUT2D eigenvalue weighted by Crippen LogP contribution is -2.37. The lowest BCUT2D eigenvalue weighted by molar-refractivity contribution is -0.119. The molecule has 0 radical (unpaired) electrons. The molecule has 1 N–H and O–H groups in total. The summed E-state index contributed by atoms with van der Waals surface area (Å²) in [4.78, 5) is 41.8. The van der Waals surface area contributed by atoms with Crippen molar-refractivity contribution in [3.8, 4) is 5.75 Å². The molecule has 0 atom stereocenters. The summed E-state index contributed by atoms with van der Waals surface area (Å²) >= 11 is 7.22. The van der Waals surface area contributed by atoms with Crippen LogP contribution in [0.2, 0.25) is 0 Å². The van der Waals surface area contributed by atoms with E-state index in [1.54, 1.807) is 0 Å². The molecule has 0 aromatic heterocycles. The van der Waals surface area contributed by atoms with E-state index in [4.69, 9.17) is 4.74 Å². The predicted octanol–water partition coefficient (Wildman–Crippen LogP) is 6.89.